The van der Waals surface area contributed by atoms with Crippen molar-refractivity contribution in [2.75, 3.05) is 31.6 Å². The van der Waals surface area contributed by atoms with Crippen molar-refractivity contribution in [1.29, 1.82) is 0 Å². The van der Waals surface area contributed by atoms with E-state index in [1.807, 2.05) is 66.9 Å². The second-order valence-corrected chi connectivity index (χ2v) is 10.2. The van der Waals surface area contributed by atoms with E-state index in [0.29, 0.717) is 11.7 Å². The summed E-state index contributed by atoms with van der Waals surface area (Å²) in [6.45, 7) is 5.77. The van der Waals surface area contributed by atoms with Gasteiger partial charge in [0.05, 0.1) is 36.2 Å². The van der Waals surface area contributed by atoms with Crippen LogP contribution in [0.5, 0.6) is 0 Å². The van der Waals surface area contributed by atoms with Gasteiger partial charge in [-0.3, -0.25) is 9.69 Å². The van der Waals surface area contributed by atoms with E-state index in [2.05, 4.69) is 15.2 Å². The first-order chi connectivity index (χ1) is 16.7. The highest BCUT2D eigenvalue weighted by atomic mass is 32.2. The first kappa shape index (κ1) is 22.9. The topological polar surface area (TPSA) is 80.2 Å². The van der Waals surface area contributed by atoms with Crippen molar-refractivity contribution in [3.8, 4) is 11.3 Å². The molecule has 1 amide bonds. The van der Waals surface area contributed by atoms with Crippen LogP contribution in [0.1, 0.15) is 12.7 Å². The molecule has 1 aliphatic heterocycles. The lowest BCUT2D eigenvalue weighted by atomic mass is 10.2. The molecule has 1 aliphatic rings. The molecule has 1 saturated heterocycles. The number of aromatic nitrogens is 3. The average Bonchev–Trinajstić information content (AvgIpc) is 3.34. The van der Waals surface area contributed by atoms with Gasteiger partial charge < -0.3 is 10.1 Å². The van der Waals surface area contributed by atoms with Gasteiger partial charge in [0.25, 0.3) is 0 Å². The number of fused-ring (bicyclic) bond motifs is 1. The monoisotopic (exact) mass is 491 g/mol. The molecular weight excluding hydrogens is 466 g/mol. The Morgan fingerprint density at radius 3 is 2.68 bits per heavy atom. The minimum atomic E-state index is -0.349. The highest BCUT2D eigenvalue weighted by Crippen LogP contribution is 2.30. The normalized spacial score (nSPS) is 15.3. The molecule has 0 radical (unpaired) electrons. The number of thiazole rings is 1. The maximum Gasteiger partial charge on any atom is 0.239 e. The Labute approximate surface area is 206 Å². The summed E-state index contributed by atoms with van der Waals surface area (Å²) in [5.74, 6) is 0.666. The standard InChI is InChI=1S/C25H25N5O2S2/c1-17(23(31)29-25-27-21(16-33-25)18-7-3-2-4-8-18)34-24-19-9-5-6-10-20(19)26-22(28-24)15-30-11-13-32-14-12-30/h2-10,16-17H,11-15H2,1H3,(H,27,29,31). The van der Waals surface area contributed by atoms with Crippen LogP contribution in [0.4, 0.5) is 5.13 Å². The second kappa shape index (κ2) is 10.6. The number of carbonyl (C=O) groups excluding carboxylic acids is 1. The first-order valence-electron chi connectivity index (χ1n) is 11.2. The molecule has 34 heavy (non-hydrogen) atoms. The van der Waals surface area contributed by atoms with Crippen LogP contribution in [-0.4, -0.2) is 57.3 Å². The quantitative estimate of drug-likeness (QED) is 0.296. The number of hydrogen-bond donors (Lipinski definition) is 1. The minimum Gasteiger partial charge on any atom is -0.379 e. The predicted molar refractivity (Wildman–Crippen MR) is 137 cm³/mol. The Bertz CT molecular complexity index is 1270. The molecule has 7 nitrogen and oxygen atoms in total. The fraction of sp³-hybridized carbons (Fsp3) is 0.280. The van der Waals surface area contributed by atoms with E-state index < -0.39 is 0 Å². The van der Waals surface area contributed by atoms with Crippen LogP contribution in [0.3, 0.4) is 0 Å². The average molecular weight is 492 g/mol. The van der Waals surface area contributed by atoms with Crippen molar-refractivity contribution in [3.05, 3.63) is 65.8 Å². The molecule has 2 aromatic heterocycles. The van der Waals surface area contributed by atoms with Gasteiger partial charge in [-0.05, 0) is 13.0 Å². The minimum absolute atomic E-state index is 0.101. The van der Waals surface area contributed by atoms with Gasteiger partial charge >= 0.3 is 0 Å². The fourth-order valence-electron chi connectivity index (χ4n) is 3.71. The summed E-state index contributed by atoms with van der Waals surface area (Å²) >= 11 is 2.88. The van der Waals surface area contributed by atoms with Gasteiger partial charge in [0.2, 0.25) is 5.91 Å². The Hall–Kier alpha value is -2.85. The number of hydrogen-bond acceptors (Lipinski definition) is 8. The summed E-state index contributed by atoms with van der Waals surface area (Å²) in [4.78, 5) is 29.5. The number of nitrogens with one attached hydrogen (secondary N) is 1. The highest BCUT2D eigenvalue weighted by Gasteiger charge is 2.20. The van der Waals surface area contributed by atoms with Crippen LogP contribution >= 0.6 is 23.1 Å². The first-order valence-corrected chi connectivity index (χ1v) is 13.0. The summed E-state index contributed by atoms with van der Waals surface area (Å²) in [7, 11) is 0. The summed E-state index contributed by atoms with van der Waals surface area (Å²) in [6.07, 6.45) is 0. The van der Waals surface area contributed by atoms with Crippen molar-refractivity contribution in [2.45, 2.75) is 23.7 Å². The molecule has 1 fully saturated rings. The number of para-hydroxylation sites is 1. The lowest BCUT2D eigenvalue weighted by Gasteiger charge is -2.26. The number of ether oxygens (including phenoxy) is 1. The highest BCUT2D eigenvalue weighted by molar-refractivity contribution is 8.00. The maximum atomic E-state index is 13.0. The number of benzene rings is 2. The van der Waals surface area contributed by atoms with Crippen LogP contribution in [0.15, 0.2) is 65.0 Å². The zero-order chi connectivity index (χ0) is 23.3. The van der Waals surface area contributed by atoms with Gasteiger partial charge in [-0.1, -0.05) is 60.3 Å². The molecule has 4 aromatic rings. The predicted octanol–water partition coefficient (Wildman–Crippen LogP) is 4.70. The van der Waals surface area contributed by atoms with E-state index in [0.717, 1.165) is 59.3 Å². The molecule has 1 unspecified atom stereocenters. The molecule has 0 spiro atoms. The summed E-state index contributed by atoms with van der Waals surface area (Å²) in [5.41, 5.74) is 2.78. The van der Waals surface area contributed by atoms with E-state index in [9.17, 15) is 4.79 Å². The van der Waals surface area contributed by atoms with Gasteiger partial charge in [0.1, 0.15) is 10.9 Å². The SMILES string of the molecule is CC(Sc1nc(CN2CCOCC2)nc2ccccc12)C(=O)Nc1nc(-c2ccccc2)cs1. The summed E-state index contributed by atoms with van der Waals surface area (Å²) < 4.78 is 5.45. The molecule has 5 rings (SSSR count). The summed E-state index contributed by atoms with van der Waals surface area (Å²) in [5, 5.41) is 6.94. The lowest BCUT2D eigenvalue weighted by molar-refractivity contribution is -0.115. The number of rotatable bonds is 7. The van der Waals surface area contributed by atoms with Crippen molar-refractivity contribution in [1.82, 2.24) is 19.9 Å². The van der Waals surface area contributed by atoms with Gasteiger partial charge in [-0.25, -0.2) is 15.0 Å². The van der Waals surface area contributed by atoms with Crippen molar-refractivity contribution < 1.29 is 9.53 Å². The molecule has 3 heterocycles. The van der Waals surface area contributed by atoms with Crippen molar-refractivity contribution in [2.24, 2.45) is 0 Å². The number of nitrogens with zero attached hydrogens (tertiary/aromatic N) is 4. The van der Waals surface area contributed by atoms with E-state index in [1.54, 1.807) is 0 Å². The molecular formula is C25H25N5O2S2. The lowest BCUT2D eigenvalue weighted by Crippen LogP contribution is -2.36. The third kappa shape index (κ3) is 5.44. The maximum absolute atomic E-state index is 13.0. The smallest absolute Gasteiger partial charge is 0.239 e. The molecule has 1 atom stereocenters. The molecule has 174 valence electrons. The Balaban J connectivity index is 1.30. The number of anilines is 1. The zero-order valence-electron chi connectivity index (χ0n) is 18.8. The van der Waals surface area contributed by atoms with Crippen molar-refractivity contribution >= 4 is 45.0 Å². The second-order valence-electron chi connectivity index (χ2n) is 8.00. The third-order valence-electron chi connectivity index (χ3n) is 5.54. The Morgan fingerprint density at radius 1 is 1.09 bits per heavy atom. The van der Waals surface area contributed by atoms with Gasteiger partial charge in [0, 0.05) is 29.4 Å². The largest absolute Gasteiger partial charge is 0.379 e. The molecule has 9 heteroatoms. The van der Waals surface area contributed by atoms with Gasteiger partial charge in [0.15, 0.2) is 5.13 Å². The molecule has 1 N–H and O–H groups in total. The van der Waals surface area contributed by atoms with E-state index in [1.165, 1.54) is 23.1 Å². The Kier molecular flexibility index (Phi) is 7.15. The Morgan fingerprint density at radius 2 is 1.85 bits per heavy atom. The van der Waals surface area contributed by atoms with Crippen LogP contribution in [0.25, 0.3) is 22.2 Å². The van der Waals surface area contributed by atoms with E-state index in [-0.39, 0.29) is 11.2 Å². The molecule has 2 aromatic carbocycles. The van der Waals surface area contributed by atoms with Gasteiger partial charge in [-0.15, -0.1) is 11.3 Å². The molecule has 0 bridgehead atoms. The van der Waals surface area contributed by atoms with Crippen LogP contribution in [-0.2, 0) is 16.1 Å². The molecule has 0 saturated carbocycles. The van der Waals surface area contributed by atoms with Crippen LogP contribution < -0.4 is 5.32 Å². The third-order valence-corrected chi connectivity index (χ3v) is 7.40. The zero-order valence-corrected chi connectivity index (χ0v) is 20.4. The number of thioether (sulfide) groups is 1. The molecule has 0 aliphatic carbocycles. The van der Waals surface area contributed by atoms with Crippen LogP contribution in [0.2, 0.25) is 0 Å². The number of carbonyl (C=O) groups is 1. The van der Waals surface area contributed by atoms with E-state index >= 15 is 0 Å². The van der Waals surface area contributed by atoms with E-state index in [4.69, 9.17) is 14.7 Å². The number of amides is 1. The van der Waals surface area contributed by atoms with Crippen LogP contribution in [0, 0.1) is 0 Å². The summed E-state index contributed by atoms with van der Waals surface area (Å²) in [6, 6.07) is 17.9. The van der Waals surface area contributed by atoms with Crippen molar-refractivity contribution in [3.63, 3.8) is 0 Å². The number of morpholine rings is 1. The van der Waals surface area contributed by atoms with Gasteiger partial charge in [-0.2, -0.15) is 0 Å². The fourth-order valence-corrected chi connectivity index (χ4v) is 5.40.